The van der Waals surface area contributed by atoms with Gasteiger partial charge in [-0.2, -0.15) is 0 Å². The zero-order valence-electron chi connectivity index (χ0n) is 12.6. The number of nitrogens with one attached hydrogen (secondary N) is 1. The molecular weight excluding hydrogens is 290 g/mol. The zero-order chi connectivity index (χ0) is 15.6. The van der Waals surface area contributed by atoms with Crippen LogP contribution < -0.4 is 10.1 Å². The Balaban J connectivity index is 1.87. The minimum Gasteiger partial charge on any atom is -0.492 e. The summed E-state index contributed by atoms with van der Waals surface area (Å²) in [5.74, 6) is 1.43. The van der Waals surface area contributed by atoms with Crippen molar-refractivity contribution >= 4 is 28.2 Å². The molecule has 0 amide bonds. The monoisotopic (exact) mass is 305 g/mol. The van der Waals surface area contributed by atoms with Crippen molar-refractivity contribution in [1.82, 2.24) is 19.6 Å². The van der Waals surface area contributed by atoms with Crippen LogP contribution in [-0.4, -0.2) is 26.2 Å². The SMILES string of the molecule is CCOc1ccccc1Nc1nc2ccccc2c2nncn12. The van der Waals surface area contributed by atoms with E-state index < -0.39 is 0 Å². The Hall–Kier alpha value is -3.15. The third-order valence-electron chi connectivity index (χ3n) is 3.58. The molecule has 0 atom stereocenters. The standard InChI is InChI=1S/C17H15N5O/c1-2-23-15-10-6-5-9-14(15)20-17-19-13-8-4-3-7-12(13)16-21-18-11-22(16)17/h3-11H,2H2,1H3,(H,19,20). The molecule has 0 aliphatic rings. The number of nitrogens with zero attached hydrogens (tertiary/aromatic N) is 4. The predicted molar refractivity (Wildman–Crippen MR) is 89.2 cm³/mol. The van der Waals surface area contributed by atoms with E-state index in [9.17, 15) is 0 Å². The summed E-state index contributed by atoms with van der Waals surface area (Å²) in [4.78, 5) is 4.69. The molecular formula is C17H15N5O. The fourth-order valence-corrected chi connectivity index (χ4v) is 2.56. The first-order chi connectivity index (χ1) is 11.4. The van der Waals surface area contributed by atoms with Gasteiger partial charge in [-0.15, -0.1) is 10.2 Å². The van der Waals surface area contributed by atoms with Crippen LogP contribution in [0.25, 0.3) is 16.6 Å². The van der Waals surface area contributed by atoms with Gasteiger partial charge in [-0.3, -0.25) is 4.40 Å². The minimum atomic E-state index is 0.603. The van der Waals surface area contributed by atoms with Gasteiger partial charge in [-0.05, 0) is 31.2 Å². The van der Waals surface area contributed by atoms with E-state index in [-0.39, 0.29) is 0 Å². The first kappa shape index (κ1) is 13.5. The smallest absolute Gasteiger partial charge is 0.215 e. The first-order valence-corrected chi connectivity index (χ1v) is 7.44. The molecule has 2 aromatic heterocycles. The first-order valence-electron chi connectivity index (χ1n) is 7.44. The molecule has 0 unspecified atom stereocenters. The van der Waals surface area contributed by atoms with Crippen LogP contribution >= 0.6 is 0 Å². The number of hydrogen-bond acceptors (Lipinski definition) is 5. The topological polar surface area (TPSA) is 64.3 Å². The molecule has 0 aliphatic heterocycles. The average Bonchev–Trinajstić information content (AvgIpc) is 3.07. The highest BCUT2D eigenvalue weighted by molar-refractivity contribution is 5.92. The number of benzene rings is 2. The van der Waals surface area contributed by atoms with Crippen LogP contribution in [0.4, 0.5) is 11.6 Å². The normalized spacial score (nSPS) is 11.0. The second-order valence-electron chi connectivity index (χ2n) is 5.03. The van der Waals surface area contributed by atoms with Crippen molar-refractivity contribution < 1.29 is 4.74 Å². The van der Waals surface area contributed by atoms with Crippen LogP contribution in [0.5, 0.6) is 5.75 Å². The Bertz CT molecular complexity index is 979. The van der Waals surface area contributed by atoms with E-state index >= 15 is 0 Å². The molecule has 0 fully saturated rings. The van der Waals surface area contributed by atoms with E-state index in [4.69, 9.17) is 4.74 Å². The molecule has 6 nitrogen and oxygen atoms in total. The number of ether oxygens (including phenoxy) is 1. The van der Waals surface area contributed by atoms with Gasteiger partial charge in [0.25, 0.3) is 0 Å². The predicted octanol–water partition coefficient (Wildman–Crippen LogP) is 3.42. The van der Waals surface area contributed by atoms with Crippen molar-refractivity contribution in [3.8, 4) is 5.75 Å². The lowest BCUT2D eigenvalue weighted by Crippen LogP contribution is -2.04. The molecule has 4 aromatic rings. The molecule has 2 aromatic carbocycles. The Morgan fingerprint density at radius 1 is 1.09 bits per heavy atom. The maximum absolute atomic E-state index is 5.66. The van der Waals surface area contributed by atoms with Crippen molar-refractivity contribution in [1.29, 1.82) is 0 Å². The maximum atomic E-state index is 5.66. The van der Waals surface area contributed by atoms with Gasteiger partial charge in [0.15, 0.2) is 5.65 Å². The molecule has 1 N–H and O–H groups in total. The van der Waals surface area contributed by atoms with Crippen molar-refractivity contribution in [2.45, 2.75) is 6.92 Å². The molecule has 2 heterocycles. The second kappa shape index (κ2) is 5.57. The Labute approximate surface area is 132 Å². The van der Waals surface area contributed by atoms with Crippen molar-refractivity contribution in [3.05, 3.63) is 54.9 Å². The van der Waals surface area contributed by atoms with Crippen molar-refractivity contribution in [2.75, 3.05) is 11.9 Å². The Morgan fingerprint density at radius 3 is 2.83 bits per heavy atom. The molecule has 0 bridgehead atoms. The summed E-state index contributed by atoms with van der Waals surface area (Å²) in [6.45, 7) is 2.56. The lowest BCUT2D eigenvalue weighted by atomic mass is 10.2. The number of para-hydroxylation sites is 3. The Kier molecular flexibility index (Phi) is 3.27. The van der Waals surface area contributed by atoms with Crippen LogP contribution in [0, 0.1) is 0 Å². The summed E-state index contributed by atoms with van der Waals surface area (Å²) < 4.78 is 7.50. The molecule has 0 saturated carbocycles. The van der Waals surface area contributed by atoms with Crippen molar-refractivity contribution in [2.24, 2.45) is 0 Å². The highest BCUT2D eigenvalue weighted by Crippen LogP contribution is 2.28. The summed E-state index contributed by atoms with van der Waals surface area (Å²) in [6.07, 6.45) is 1.65. The maximum Gasteiger partial charge on any atom is 0.215 e. The van der Waals surface area contributed by atoms with Crippen LogP contribution in [0.15, 0.2) is 54.9 Å². The number of anilines is 2. The molecule has 0 spiro atoms. The molecule has 23 heavy (non-hydrogen) atoms. The van der Waals surface area contributed by atoms with Gasteiger partial charge in [0, 0.05) is 5.39 Å². The average molecular weight is 305 g/mol. The van der Waals surface area contributed by atoms with Gasteiger partial charge in [-0.1, -0.05) is 24.3 Å². The summed E-state index contributed by atoms with van der Waals surface area (Å²) in [5, 5.41) is 12.5. The van der Waals surface area contributed by atoms with E-state index in [0.29, 0.717) is 12.6 Å². The van der Waals surface area contributed by atoms with Gasteiger partial charge in [0.1, 0.15) is 12.1 Å². The fourth-order valence-electron chi connectivity index (χ4n) is 2.56. The largest absolute Gasteiger partial charge is 0.492 e. The second-order valence-corrected chi connectivity index (χ2v) is 5.03. The number of fused-ring (bicyclic) bond motifs is 3. The zero-order valence-corrected chi connectivity index (χ0v) is 12.6. The van der Waals surface area contributed by atoms with E-state index in [1.807, 2.05) is 59.9 Å². The lowest BCUT2D eigenvalue weighted by Gasteiger charge is -2.13. The van der Waals surface area contributed by atoms with Gasteiger partial charge < -0.3 is 10.1 Å². The van der Waals surface area contributed by atoms with E-state index in [0.717, 1.165) is 28.0 Å². The number of hydrogen-bond donors (Lipinski definition) is 1. The minimum absolute atomic E-state index is 0.603. The fraction of sp³-hybridized carbons (Fsp3) is 0.118. The van der Waals surface area contributed by atoms with Crippen LogP contribution in [0.2, 0.25) is 0 Å². The molecule has 0 saturated heterocycles. The van der Waals surface area contributed by atoms with Gasteiger partial charge in [0.2, 0.25) is 5.95 Å². The summed E-state index contributed by atoms with van der Waals surface area (Å²) in [7, 11) is 0. The summed E-state index contributed by atoms with van der Waals surface area (Å²) >= 11 is 0. The summed E-state index contributed by atoms with van der Waals surface area (Å²) in [6, 6.07) is 15.7. The quantitative estimate of drug-likeness (QED) is 0.626. The van der Waals surface area contributed by atoms with Gasteiger partial charge in [-0.25, -0.2) is 4.98 Å². The molecule has 0 radical (unpaired) electrons. The number of rotatable bonds is 4. The van der Waals surface area contributed by atoms with Gasteiger partial charge in [0.05, 0.1) is 17.8 Å². The van der Waals surface area contributed by atoms with Crippen LogP contribution in [0.1, 0.15) is 6.92 Å². The van der Waals surface area contributed by atoms with E-state index in [1.165, 1.54) is 0 Å². The molecule has 4 rings (SSSR count). The summed E-state index contributed by atoms with van der Waals surface area (Å²) in [5.41, 5.74) is 2.49. The third kappa shape index (κ3) is 2.34. The Morgan fingerprint density at radius 2 is 1.91 bits per heavy atom. The highest BCUT2D eigenvalue weighted by atomic mass is 16.5. The lowest BCUT2D eigenvalue weighted by molar-refractivity contribution is 0.342. The van der Waals surface area contributed by atoms with Crippen molar-refractivity contribution in [3.63, 3.8) is 0 Å². The highest BCUT2D eigenvalue weighted by Gasteiger charge is 2.11. The molecule has 114 valence electrons. The van der Waals surface area contributed by atoms with E-state index in [1.54, 1.807) is 6.33 Å². The van der Waals surface area contributed by atoms with Crippen LogP contribution in [0.3, 0.4) is 0 Å². The third-order valence-corrected chi connectivity index (χ3v) is 3.58. The van der Waals surface area contributed by atoms with E-state index in [2.05, 4.69) is 20.5 Å². The van der Waals surface area contributed by atoms with Gasteiger partial charge >= 0.3 is 0 Å². The van der Waals surface area contributed by atoms with Crippen LogP contribution in [-0.2, 0) is 0 Å². The molecule has 6 heteroatoms. The molecule has 0 aliphatic carbocycles. The number of aromatic nitrogens is 4.